The highest BCUT2D eigenvalue weighted by Crippen LogP contribution is 2.19. The van der Waals surface area contributed by atoms with Crippen molar-refractivity contribution in [2.24, 2.45) is 0 Å². The maximum Gasteiger partial charge on any atom is 0.323 e. The molecule has 1 fully saturated rings. The molecule has 5 heteroatoms. The third-order valence-electron chi connectivity index (χ3n) is 3.61. The smallest absolute Gasteiger partial charge is 0.323 e. The number of rotatable bonds is 7. The number of hydrogen-bond donors (Lipinski definition) is 1. The maximum absolute atomic E-state index is 12.0. The minimum absolute atomic E-state index is 0.0370. The summed E-state index contributed by atoms with van der Waals surface area (Å²) in [5.74, 6) is -0.146. The molecule has 20 heavy (non-hydrogen) atoms. The van der Waals surface area contributed by atoms with E-state index in [1.165, 1.54) is 0 Å². The largest absolute Gasteiger partial charge is 0.465 e. The van der Waals surface area contributed by atoms with Crippen LogP contribution in [0.5, 0.6) is 0 Å². The van der Waals surface area contributed by atoms with E-state index in [-0.39, 0.29) is 23.6 Å². The lowest BCUT2D eigenvalue weighted by atomic mass is 10.0. The Kier molecular flexibility index (Phi) is 6.92. The van der Waals surface area contributed by atoms with Crippen LogP contribution >= 0.6 is 0 Å². The van der Waals surface area contributed by atoms with Crippen molar-refractivity contribution in [1.29, 1.82) is 0 Å². The monoisotopic (exact) mass is 286 g/mol. The molecule has 0 saturated carbocycles. The van der Waals surface area contributed by atoms with Crippen molar-refractivity contribution in [3.63, 3.8) is 0 Å². The molecule has 0 radical (unpaired) electrons. The van der Waals surface area contributed by atoms with Gasteiger partial charge in [-0.25, -0.2) is 0 Å². The lowest BCUT2D eigenvalue weighted by molar-refractivity contribution is -0.146. The van der Waals surface area contributed by atoms with Gasteiger partial charge in [0.05, 0.1) is 19.8 Å². The van der Waals surface area contributed by atoms with E-state index >= 15 is 0 Å². The molecule has 1 heterocycles. The summed E-state index contributed by atoms with van der Waals surface area (Å²) in [6.07, 6.45) is 0.764. The Morgan fingerprint density at radius 2 is 2.15 bits per heavy atom. The predicted octanol–water partition coefficient (Wildman–Crippen LogP) is 1.42. The van der Waals surface area contributed by atoms with Crippen LogP contribution in [0.1, 0.15) is 41.0 Å². The average Bonchev–Trinajstić information content (AvgIpc) is 2.35. The topological polar surface area (TPSA) is 50.8 Å². The van der Waals surface area contributed by atoms with Crippen LogP contribution in [0.25, 0.3) is 0 Å². The minimum Gasteiger partial charge on any atom is -0.465 e. The van der Waals surface area contributed by atoms with Crippen molar-refractivity contribution in [3.05, 3.63) is 0 Å². The van der Waals surface area contributed by atoms with Crippen molar-refractivity contribution in [2.75, 3.05) is 32.9 Å². The van der Waals surface area contributed by atoms with Crippen molar-refractivity contribution >= 4 is 5.97 Å². The molecule has 118 valence electrons. The second-order valence-corrected chi connectivity index (χ2v) is 6.27. The van der Waals surface area contributed by atoms with E-state index in [1.54, 1.807) is 0 Å². The Morgan fingerprint density at radius 1 is 1.45 bits per heavy atom. The van der Waals surface area contributed by atoms with Crippen molar-refractivity contribution in [2.45, 2.75) is 58.7 Å². The SMILES string of the molecule is CCOC(=O)C(CCN1CCOCC1(C)C)NC(C)C. The van der Waals surface area contributed by atoms with E-state index in [2.05, 4.69) is 24.1 Å². The molecule has 0 aromatic heterocycles. The summed E-state index contributed by atoms with van der Waals surface area (Å²) in [6, 6.07) is 0.0377. The number of hydrogen-bond acceptors (Lipinski definition) is 5. The Balaban J connectivity index is 2.54. The van der Waals surface area contributed by atoms with Crippen molar-refractivity contribution in [3.8, 4) is 0 Å². The molecular formula is C15H30N2O3. The molecule has 0 spiro atoms. The zero-order chi connectivity index (χ0) is 15.2. The van der Waals surface area contributed by atoms with Gasteiger partial charge in [-0.1, -0.05) is 13.8 Å². The second kappa shape index (κ2) is 7.96. The third-order valence-corrected chi connectivity index (χ3v) is 3.61. The van der Waals surface area contributed by atoms with Gasteiger partial charge in [-0.2, -0.15) is 0 Å². The molecule has 1 aliphatic heterocycles. The minimum atomic E-state index is -0.228. The molecule has 1 saturated heterocycles. The highest BCUT2D eigenvalue weighted by molar-refractivity contribution is 5.75. The Labute approximate surface area is 123 Å². The van der Waals surface area contributed by atoms with Crippen LogP contribution in [0.15, 0.2) is 0 Å². The standard InChI is InChI=1S/C15H30N2O3/c1-6-20-14(18)13(16-12(2)3)7-8-17-9-10-19-11-15(17,4)5/h12-13,16H,6-11H2,1-5H3. The first-order chi connectivity index (χ1) is 9.36. The molecule has 1 rings (SSSR count). The summed E-state index contributed by atoms with van der Waals surface area (Å²) in [5.41, 5.74) is 0.0370. The zero-order valence-electron chi connectivity index (χ0n) is 13.6. The molecule has 0 aromatic rings. The highest BCUT2D eigenvalue weighted by atomic mass is 16.5. The fourth-order valence-electron chi connectivity index (χ4n) is 2.50. The number of carbonyl (C=O) groups is 1. The van der Waals surface area contributed by atoms with Crippen LogP contribution in [0.4, 0.5) is 0 Å². The van der Waals surface area contributed by atoms with Crippen molar-refractivity contribution in [1.82, 2.24) is 10.2 Å². The van der Waals surface area contributed by atoms with Crippen LogP contribution in [0.3, 0.4) is 0 Å². The first-order valence-electron chi connectivity index (χ1n) is 7.62. The third kappa shape index (κ3) is 5.38. The molecular weight excluding hydrogens is 256 g/mol. The van der Waals surface area contributed by atoms with E-state index in [4.69, 9.17) is 9.47 Å². The number of carbonyl (C=O) groups excluding carboxylic acids is 1. The van der Waals surface area contributed by atoms with Gasteiger partial charge in [0.2, 0.25) is 0 Å². The van der Waals surface area contributed by atoms with Gasteiger partial charge in [0.25, 0.3) is 0 Å². The van der Waals surface area contributed by atoms with E-state index in [1.807, 2.05) is 20.8 Å². The molecule has 0 aliphatic carbocycles. The van der Waals surface area contributed by atoms with Crippen LogP contribution < -0.4 is 5.32 Å². The summed E-state index contributed by atoms with van der Waals surface area (Å²) in [5, 5.41) is 3.30. The molecule has 0 bridgehead atoms. The number of ether oxygens (including phenoxy) is 2. The lowest BCUT2D eigenvalue weighted by Gasteiger charge is -2.42. The summed E-state index contributed by atoms with van der Waals surface area (Å²) >= 11 is 0. The van der Waals surface area contributed by atoms with E-state index < -0.39 is 0 Å². The normalized spacial score (nSPS) is 20.9. The molecule has 0 amide bonds. The van der Waals surface area contributed by atoms with Crippen LogP contribution in [-0.4, -0.2) is 61.4 Å². The molecule has 1 atom stereocenters. The second-order valence-electron chi connectivity index (χ2n) is 6.27. The highest BCUT2D eigenvalue weighted by Gasteiger charge is 2.31. The zero-order valence-corrected chi connectivity index (χ0v) is 13.6. The van der Waals surface area contributed by atoms with Gasteiger partial charge in [-0.05, 0) is 27.2 Å². The summed E-state index contributed by atoms with van der Waals surface area (Å²) in [4.78, 5) is 14.4. The molecule has 1 N–H and O–H groups in total. The summed E-state index contributed by atoms with van der Waals surface area (Å²) < 4.78 is 10.7. The van der Waals surface area contributed by atoms with Gasteiger partial charge >= 0.3 is 5.97 Å². The number of morpholine rings is 1. The van der Waals surface area contributed by atoms with Crippen molar-refractivity contribution < 1.29 is 14.3 Å². The predicted molar refractivity (Wildman–Crippen MR) is 79.8 cm³/mol. The van der Waals surface area contributed by atoms with Gasteiger partial charge in [-0.3, -0.25) is 9.69 Å². The van der Waals surface area contributed by atoms with Gasteiger partial charge in [0.1, 0.15) is 6.04 Å². The quantitative estimate of drug-likeness (QED) is 0.717. The van der Waals surface area contributed by atoms with E-state index in [0.29, 0.717) is 6.61 Å². The first kappa shape index (κ1) is 17.4. The molecule has 1 unspecified atom stereocenters. The van der Waals surface area contributed by atoms with Crippen LogP contribution in [-0.2, 0) is 14.3 Å². The maximum atomic E-state index is 12.0. The average molecular weight is 286 g/mol. The summed E-state index contributed by atoms with van der Waals surface area (Å²) in [7, 11) is 0. The van der Waals surface area contributed by atoms with Crippen LogP contribution in [0.2, 0.25) is 0 Å². The Hall–Kier alpha value is -0.650. The lowest BCUT2D eigenvalue weighted by Crippen LogP contribution is -2.54. The molecule has 0 aromatic carbocycles. The number of nitrogens with one attached hydrogen (secondary N) is 1. The number of nitrogens with zero attached hydrogens (tertiary/aromatic N) is 1. The van der Waals surface area contributed by atoms with Gasteiger partial charge in [-0.15, -0.1) is 0 Å². The number of esters is 1. The first-order valence-corrected chi connectivity index (χ1v) is 7.62. The van der Waals surface area contributed by atoms with Gasteiger partial charge < -0.3 is 14.8 Å². The fourth-order valence-corrected chi connectivity index (χ4v) is 2.50. The summed E-state index contributed by atoms with van der Waals surface area (Å²) in [6.45, 7) is 14.0. The van der Waals surface area contributed by atoms with Crippen LogP contribution in [0, 0.1) is 0 Å². The van der Waals surface area contributed by atoms with Gasteiger partial charge in [0, 0.05) is 24.7 Å². The molecule has 5 nitrogen and oxygen atoms in total. The van der Waals surface area contributed by atoms with Gasteiger partial charge in [0.15, 0.2) is 0 Å². The fraction of sp³-hybridized carbons (Fsp3) is 0.933. The molecule has 1 aliphatic rings. The Morgan fingerprint density at radius 3 is 2.70 bits per heavy atom. The van der Waals surface area contributed by atoms with E-state index in [9.17, 15) is 4.79 Å². The van der Waals surface area contributed by atoms with E-state index in [0.717, 1.165) is 32.7 Å². The Bertz CT molecular complexity index is 305.